The van der Waals surface area contributed by atoms with E-state index >= 15 is 0 Å². The lowest BCUT2D eigenvalue weighted by atomic mass is 10.1. The van der Waals surface area contributed by atoms with Crippen molar-refractivity contribution in [1.82, 2.24) is 4.57 Å². The topological polar surface area (TPSA) is 40.8 Å². The molecule has 3 rings (SSSR count). The molecule has 0 amide bonds. The third-order valence-electron chi connectivity index (χ3n) is 3.45. The molecule has 20 heavy (non-hydrogen) atoms. The maximum atomic E-state index is 8.91. The van der Waals surface area contributed by atoms with Crippen LogP contribution < -0.4 is 5.32 Å². The van der Waals surface area contributed by atoms with E-state index in [2.05, 4.69) is 53.5 Å². The van der Waals surface area contributed by atoms with Crippen molar-refractivity contribution in [2.75, 3.05) is 5.32 Å². The smallest absolute Gasteiger partial charge is 0.0992 e. The van der Waals surface area contributed by atoms with Crippen LogP contribution in [0.3, 0.4) is 0 Å². The van der Waals surface area contributed by atoms with Crippen molar-refractivity contribution in [3.8, 4) is 6.07 Å². The highest BCUT2D eigenvalue weighted by Crippen LogP contribution is 2.21. The first-order valence-corrected chi connectivity index (χ1v) is 6.55. The van der Waals surface area contributed by atoms with Crippen LogP contribution in [0.15, 0.2) is 54.7 Å². The molecular weight excluding hydrogens is 246 g/mol. The number of para-hydroxylation sites is 1. The molecule has 0 aliphatic carbocycles. The molecule has 3 heteroatoms. The first-order valence-electron chi connectivity index (χ1n) is 6.55. The van der Waals surface area contributed by atoms with Gasteiger partial charge < -0.3 is 9.88 Å². The number of nitriles is 1. The zero-order valence-corrected chi connectivity index (χ0v) is 11.3. The average Bonchev–Trinajstić information content (AvgIpc) is 2.82. The first kappa shape index (κ1) is 12.3. The number of hydrogen-bond donors (Lipinski definition) is 1. The number of rotatable bonds is 3. The van der Waals surface area contributed by atoms with Crippen LogP contribution in [0.4, 0.5) is 5.69 Å². The van der Waals surface area contributed by atoms with Gasteiger partial charge in [0, 0.05) is 36.4 Å². The third-order valence-corrected chi connectivity index (χ3v) is 3.45. The number of nitrogens with one attached hydrogen (secondary N) is 1. The quantitative estimate of drug-likeness (QED) is 0.781. The molecule has 0 atom stereocenters. The van der Waals surface area contributed by atoms with E-state index in [0.29, 0.717) is 5.56 Å². The second-order valence-corrected chi connectivity index (χ2v) is 4.83. The molecule has 0 unspecified atom stereocenters. The molecule has 3 nitrogen and oxygen atoms in total. The summed E-state index contributed by atoms with van der Waals surface area (Å²) < 4.78 is 2.14. The lowest BCUT2D eigenvalue weighted by Crippen LogP contribution is -1.98. The van der Waals surface area contributed by atoms with Crippen LogP contribution >= 0.6 is 0 Å². The van der Waals surface area contributed by atoms with Crippen LogP contribution in [0.1, 0.15) is 11.1 Å². The van der Waals surface area contributed by atoms with Gasteiger partial charge in [0.25, 0.3) is 0 Å². The van der Waals surface area contributed by atoms with Gasteiger partial charge in [0.1, 0.15) is 0 Å². The largest absolute Gasteiger partial charge is 0.381 e. The molecule has 2 aromatic carbocycles. The van der Waals surface area contributed by atoms with E-state index in [1.807, 2.05) is 24.3 Å². The van der Waals surface area contributed by atoms with Crippen molar-refractivity contribution in [3.63, 3.8) is 0 Å². The van der Waals surface area contributed by atoms with Gasteiger partial charge in [-0.25, -0.2) is 0 Å². The summed E-state index contributed by atoms with van der Waals surface area (Å²) in [6.45, 7) is 0.746. The SMILES string of the molecule is Cn1cc(CNc2cccc(C#N)c2)c2ccccc21. The molecule has 0 bridgehead atoms. The molecule has 1 N–H and O–H groups in total. The summed E-state index contributed by atoms with van der Waals surface area (Å²) >= 11 is 0. The number of hydrogen-bond acceptors (Lipinski definition) is 2. The van der Waals surface area contributed by atoms with E-state index in [4.69, 9.17) is 5.26 Å². The van der Waals surface area contributed by atoms with Gasteiger partial charge in [-0.3, -0.25) is 0 Å². The summed E-state index contributed by atoms with van der Waals surface area (Å²) in [5.74, 6) is 0. The Hall–Kier alpha value is -2.73. The number of benzene rings is 2. The Morgan fingerprint density at radius 1 is 1.15 bits per heavy atom. The van der Waals surface area contributed by atoms with E-state index in [-0.39, 0.29) is 0 Å². The number of nitrogens with zero attached hydrogens (tertiary/aromatic N) is 2. The van der Waals surface area contributed by atoms with Crippen LogP contribution in [-0.4, -0.2) is 4.57 Å². The molecule has 1 heterocycles. The van der Waals surface area contributed by atoms with Gasteiger partial charge in [-0.2, -0.15) is 5.26 Å². The average molecular weight is 261 g/mol. The summed E-state index contributed by atoms with van der Waals surface area (Å²) in [7, 11) is 2.06. The zero-order chi connectivity index (χ0) is 13.9. The fraction of sp³-hybridized carbons (Fsp3) is 0.118. The normalized spacial score (nSPS) is 10.4. The lowest BCUT2D eigenvalue weighted by molar-refractivity contribution is 0.956. The summed E-state index contributed by atoms with van der Waals surface area (Å²) in [4.78, 5) is 0. The number of fused-ring (bicyclic) bond motifs is 1. The Morgan fingerprint density at radius 3 is 2.85 bits per heavy atom. The molecular formula is C17H15N3. The van der Waals surface area contributed by atoms with Gasteiger partial charge in [0.15, 0.2) is 0 Å². The molecule has 0 radical (unpaired) electrons. The van der Waals surface area contributed by atoms with E-state index in [1.54, 1.807) is 0 Å². The minimum absolute atomic E-state index is 0.674. The molecule has 0 saturated heterocycles. The number of aromatic nitrogens is 1. The predicted molar refractivity (Wildman–Crippen MR) is 81.4 cm³/mol. The van der Waals surface area contributed by atoms with E-state index in [0.717, 1.165) is 12.2 Å². The van der Waals surface area contributed by atoms with E-state index < -0.39 is 0 Å². The fourth-order valence-corrected chi connectivity index (χ4v) is 2.46. The summed E-state index contributed by atoms with van der Waals surface area (Å²) in [5, 5.41) is 13.6. The maximum absolute atomic E-state index is 8.91. The Labute approximate surface area is 118 Å². The molecule has 0 aliphatic heterocycles. The van der Waals surface area contributed by atoms with Crippen molar-refractivity contribution in [2.45, 2.75) is 6.54 Å². The Bertz CT molecular complexity index is 793. The fourth-order valence-electron chi connectivity index (χ4n) is 2.46. The van der Waals surface area contributed by atoms with Gasteiger partial charge in [0.05, 0.1) is 11.6 Å². The predicted octanol–water partition coefficient (Wildman–Crippen LogP) is 3.66. The van der Waals surface area contributed by atoms with Gasteiger partial charge in [-0.05, 0) is 29.8 Å². The Balaban J connectivity index is 1.85. The minimum Gasteiger partial charge on any atom is -0.381 e. The highest BCUT2D eigenvalue weighted by atomic mass is 14.9. The molecule has 0 saturated carbocycles. The minimum atomic E-state index is 0.674. The standard InChI is InChI=1S/C17H15N3/c1-20-12-14(16-7-2-3-8-17(16)20)11-19-15-6-4-5-13(9-15)10-18/h2-9,12,19H,11H2,1H3. The summed E-state index contributed by atoms with van der Waals surface area (Å²) in [6, 6.07) is 18.1. The third kappa shape index (κ3) is 2.24. The Kier molecular flexibility index (Phi) is 3.14. The van der Waals surface area contributed by atoms with Crippen LogP contribution in [0.25, 0.3) is 10.9 Å². The highest BCUT2D eigenvalue weighted by Gasteiger charge is 2.05. The van der Waals surface area contributed by atoms with Crippen molar-refractivity contribution in [1.29, 1.82) is 5.26 Å². The molecule has 0 spiro atoms. The molecule has 1 aromatic heterocycles. The van der Waals surface area contributed by atoms with E-state index in [1.165, 1.54) is 16.5 Å². The van der Waals surface area contributed by atoms with Gasteiger partial charge in [-0.1, -0.05) is 24.3 Å². The van der Waals surface area contributed by atoms with E-state index in [9.17, 15) is 0 Å². The van der Waals surface area contributed by atoms with Gasteiger partial charge in [0.2, 0.25) is 0 Å². The van der Waals surface area contributed by atoms with Crippen molar-refractivity contribution in [3.05, 3.63) is 65.9 Å². The van der Waals surface area contributed by atoms with Crippen LogP contribution in [0.5, 0.6) is 0 Å². The zero-order valence-electron chi connectivity index (χ0n) is 11.3. The molecule has 0 aliphatic rings. The van der Waals surface area contributed by atoms with Crippen molar-refractivity contribution >= 4 is 16.6 Å². The molecule has 0 fully saturated rings. The maximum Gasteiger partial charge on any atom is 0.0992 e. The van der Waals surface area contributed by atoms with Crippen LogP contribution in [-0.2, 0) is 13.6 Å². The Morgan fingerprint density at radius 2 is 2.00 bits per heavy atom. The summed E-state index contributed by atoms with van der Waals surface area (Å²) in [6.07, 6.45) is 2.14. The van der Waals surface area contributed by atoms with Crippen LogP contribution in [0, 0.1) is 11.3 Å². The summed E-state index contributed by atoms with van der Waals surface area (Å²) in [5.41, 5.74) is 4.13. The van der Waals surface area contributed by atoms with Crippen molar-refractivity contribution in [2.24, 2.45) is 7.05 Å². The second kappa shape index (κ2) is 5.10. The highest BCUT2D eigenvalue weighted by molar-refractivity contribution is 5.84. The monoisotopic (exact) mass is 261 g/mol. The second-order valence-electron chi connectivity index (χ2n) is 4.83. The molecule has 3 aromatic rings. The lowest BCUT2D eigenvalue weighted by Gasteiger charge is -2.05. The molecule has 98 valence electrons. The first-order chi connectivity index (χ1) is 9.78. The van der Waals surface area contributed by atoms with Crippen molar-refractivity contribution < 1.29 is 0 Å². The van der Waals surface area contributed by atoms with Crippen LogP contribution in [0.2, 0.25) is 0 Å². The number of aryl methyl sites for hydroxylation is 1. The van der Waals surface area contributed by atoms with Gasteiger partial charge >= 0.3 is 0 Å². The number of anilines is 1. The van der Waals surface area contributed by atoms with Gasteiger partial charge in [-0.15, -0.1) is 0 Å².